The first-order valence-electron chi connectivity index (χ1n) is 6.02. The number of piperidine rings is 1. The normalized spacial score (nSPS) is 21.7. The van der Waals surface area contributed by atoms with Gasteiger partial charge in [-0.25, -0.2) is 8.78 Å². The van der Waals surface area contributed by atoms with Gasteiger partial charge in [-0.15, -0.1) is 0 Å². The minimum atomic E-state index is -0.516. The predicted molar refractivity (Wildman–Crippen MR) is 63.7 cm³/mol. The number of benzene rings is 1. The summed E-state index contributed by atoms with van der Waals surface area (Å²) >= 11 is 0. The Hall–Kier alpha value is -1.00. The largest absolute Gasteiger partial charge is 0.316 e. The molecule has 1 aromatic rings. The molecular formula is C13H18F2N2. The highest BCUT2D eigenvalue weighted by molar-refractivity contribution is 5.18. The first kappa shape index (κ1) is 12.5. The van der Waals surface area contributed by atoms with E-state index in [2.05, 4.69) is 10.2 Å². The number of likely N-dealkylation sites (tertiary alicyclic amines) is 1. The molecule has 1 aliphatic heterocycles. The Morgan fingerprint density at radius 3 is 2.94 bits per heavy atom. The summed E-state index contributed by atoms with van der Waals surface area (Å²) in [4.78, 5) is 2.21. The number of rotatable bonds is 3. The molecule has 0 aliphatic carbocycles. The first-order valence-corrected chi connectivity index (χ1v) is 6.02. The van der Waals surface area contributed by atoms with E-state index in [1.807, 2.05) is 7.05 Å². The summed E-state index contributed by atoms with van der Waals surface area (Å²) in [5.41, 5.74) is 0.572. The van der Waals surface area contributed by atoms with Crippen molar-refractivity contribution in [2.24, 2.45) is 0 Å². The third-order valence-corrected chi connectivity index (χ3v) is 3.32. The Labute approximate surface area is 101 Å². The van der Waals surface area contributed by atoms with Crippen LogP contribution in [0.2, 0.25) is 0 Å². The number of nitrogens with one attached hydrogen (secondary N) is 1. The SMILES string of the molecule is CNC1CCCN(Cc2ccc(F)cc2F)C1. The van der Waals surface area contributed by atoms with Gasteiger partial charge in [0.2, 0.25) is 0 Å². The van der Waals surface area contributed by atoms with Crippen LogP contribution in [0.5, 0.6) is 0 Å². The Morgan fingerprint density at radius 1 is 1.41 bits per heavy atom. The molecule has 0 bridgehead atoms. The molecule has 2 nitrogen and oxygen atoms in total. The molecule has 1 unspecified atom stereocenters. The number of halogens is 2. The summed E-state index contributed by atoms with van der Waals surface area (Å²) in [6, 6.07) is 4.28. The molecule has 94 valence electrons. The Morgan fingerprint density at radius 2 is 2.24 bits per heavy atom. The quantitative estimate of drug-likeness (QED) is 0.871. The maximum absolute atomic E-state index is 13.5. The van der Waals surface area contributed by atoms with Gasteiger partial charge in [-0.1, -0.05) is 6.07 Å². The minimum absolute atomic E-state index is 0.448. The average Bonchev–Trinajstić information content (AvgIpc) is 2.33. The van der Waals surface area contributed by atoms with Gasteiger partial charge in [0.1, 0.15) is 11.6 Å². The van der Waals surface area contributed by atoms with Crippen LogP contribution in [0.4, 0.5) is 8.78 Å². The van der Waals surface area contributed by atoms with E-state index in [4.69, 9.17) is 0 Å². The van der Waals surface area contributed by atoms with Crippen LogP contribution in [-0.2, 0) is 6.54 Å². The van der Waals surface area contributed by atoms with Crippen LogP contribution in [0, 0.1) is 11.6 Å². The predicted octanol–water partition coefficient (Wildman–Crippen LogP) is 2.15. The molecule has 1 heterocycles. The summed E-state index contributed by atoms with van der Waals surface area (Å²) in [5, 5.41) is 3.25. The molecule has 1 saturated heterocycles. The van der Waals surface area contributed by atoms with Crippen molar-refractivity contribution >= 4 is 0 Å². The van der Waals surface area contributed by atoms with E-state index in [0.29, 0.717) is 18.2 Å². The number of likely N-dealkylation sites (N-methyl/N-ethyl adjacent to an activating group) is 1. The van der Waals surface area contributed by atoms with Gasteiger partial charge in [-0.2, -0.15) is 0 Å². The second kappa shape index (κ2) is 5.56. The highest BCUT2D eigenvalue weighted by Gasteiger charge is 2.19. The Balaban J connectivity index is 2.00. The van der Waals surface area contributed by atoms with Gasteiger partial charge >= 0.3 is 0 Å². The molecule has 0 spiro atoms. The molecule has 17 heavy (non-hydrogen) atoms. The van der Waals surface area contributed by atoms with Crippen LogP contribution < -0.4 is 5.32 Å². The minimum Gasteiger partial charge on any atom is -0.316 e. The summed E-state index contributed by atoms with van der Waals surface area (Å²) in [6.07, 6.45) is 2.28. The van der Waals surface area contributed by atoms with Gasteiger partial charge in [-0.05, 0) is 32.5 Å². The topological polar surface area (TPSA) is 15.3 Å². The highest BCUT2D eigenvalue weighted by atomic mass is 19.1. The fraction of sp³-hybridized carbons (Fsp3) is 0.538. The molecule has 1 N–H and O–H groups in total. The highest BCUT2D eigenvalue weighted by Crippen LogP contribution is 2.16. The van der Waals surface area contributed by atoms with Crippen LogP contribution in [0.25, 0.3) is 0 Å². The molecule has 0 aromatic heterocycles. The molecule has 1 fully saturated rings. The zero-order valence-corrected chi connectivity index (χ0v) is 10.0. The van der Waals surface area contributed by atoms with Crippen LogP contribution in [0.15, 0.2) is 18.2 Å². The van der Waals surface area contributed by atoms with E-state index in [1.54, 1.807) is 0 Å². The van der Waals surface area contributed by atoms with Crippen molar-refractivity contribution in [2.45, 2.75) is 25.4 Å². The maximum Gasteiger partial charge on any atom is 0.130 e. The van der Waals surface area contributed by atoms with Crippen molar-refractivity contribution < 1.29 is 8.78 Å². The number of hydrogen-bond acceptors (Lipinski definition) is 2. The van der Waals surface area contributed by atoms with Crippen molar-refractivity contribution in [3.63, 3.8) is 0 Å². The third-order valence-electron chi connectivity index (χ3n) is 3.32. The molecule has 2 rings (SSSR count). The molecule has 1 atom stereocenters. The smallest absolute Gasteiger partial charge is 0.130 e. The van der Waals surface area contributed by atoms with Crippen LogP contribution >= 0.6 is 0 Å². The zero-order chi connectivity index (χ0) is 12.3. The number of nitrogens with zero attached hydrogens (tertiary/aromatic N) is 1. The van der Waals surface area contributed by atoms with E-state index in [0.717, 1.165) is 25.6 Å². The van der Waals surface area contributed by atoms with Gasteiger partial charge in [-0.3, -0.25) is 4.90 Å². The monoisotopic (exact) mass is 240 g/mol. The standard InChI is InChI=1S/C13H18F2N2/c1-16-12-3-2-6-17(9-12)8-10-4-5-11(14)7-13(10)15/h4-5,7,12,16H,2-3,6,8-9H2,1H3. The van der Waals surface area contributed by atoms with Crippen molar-refractivity contribution in [1.82, 2.24) is 10.2 Å². The van der Waals surface area contributed by atoms with Gasteiger partial charge in [0.05, 0.1) is 0 Å². The fourth-order valence-corrected chi connectivity index (χ4v) is 2.33. The molecule has 1 aliphatic rings. The van der Waals surface area contributed by atoms with Gasteiger partial charge < -0.3 is 5.32 Å². The molecule has 0 amide bonds. The first-order chi connectivity index (χ1) is 8.19. The second-order valence-electron chi connectivity index (χ2n) is 4.60. The lowest BCUT2D eigenvalue weighted by Gasteiger charge is -2.32. The molecule has 1 aromatic carbocycles. The zero-order valence-electron chi connectivity index (χ0n) is 10.0. The molecular weight excluding hydrogens is 222 g/mol. The fourth-order valence-electron chi connectivity index (χ4n) is 2.33. The van der Waals surface area contributed by atoms with Gasteiger partial charge in [0, 0.05) is 30.8 Å². The molecule has 0 saturated carbocycles. The van der Waals surface area contributed by atoms with Crippen molar-refractivity contribution in [1.29, 1.82) is 0 Å². The van der Waals surface area contributed by atoms with Crippen molar-refractivity contribution in [3.05, 3.63) is 35.4 Å². The van der Waals surface area contributed by atoms with Crippen LogP contribution in [-0.4, -0.2) is 31.1 Å². The van der Waals surface area contributed by atoms with Crippen LogP contribution in [0.3, 0.4) is 0 Å². The summed E-state index contributed by atoms with van der Waals surface area (Å²) < 4.78 is 26.3. The lowest BCUT2D eigenvalue weighted by Crippen LogP contribution is -2.43. The average molecular weight is 240 g/mol. The Kier molecular flexibility index (Phi) is 4.07. The van der Waals surface area contributed by atoms with E-state index in [1.165, 1.54) is 18.6 Å². The van der Waals surface area contributed by atoms with Crippen molar-refractivity contribution in [2.75, 3.05) is 20.1 Å². The molecule has 4 heteroatoms. The summed E-state index contributed by atoms with van der Waals surface area (Å²) in [7, 11) is 1.95. The summed E-state index contributed by atoms with van der Waals surface area (Å²) in [5.74, 6) is -0.963. The van der Waals surface area contributed by atoms with E-state index in [9.17, 15) is 8.78 Å². The van der Waals surface area contributed by atoms with E-state index >= 15 is 0 Å². The summed E-state index contributed by atoms with van der Waals surface area (Å²) in [6.45, 7) is 2.46. The van der Waals surface area contributed by atoms with Crippen molar-refractivity contribution in [3.8, 4) is 0 Å². The van der Waals surface area contributed by atoms with Gasteiger partial charge in [0.25, 0.3) is 0 Å². The van der Waals surface area contributed by atoms with E-state index < -0.39 is 11.6 Å². The van der Waals surface area contributed by atoms with Gasteiger partial charge in [0.15, 0.2) is 0 Å². The van der Waals surface area contributed by atoms with E-state index in [-0.39, 0.29) is 0 Å². The lowest BCUT2D eigenvalue weighted by molar-refractivity contribution is 0.186. The maximum atomic E-state index is 13.5. The lowest BCUT2D eigenvalue weighted by atomic mass is 10.0. The number of hydrogen-bond donors (Lipinski definition) is 1. The van der Waals surface area contributed by atoms with Crippen LogP contribution in [0.1, 0.15) is 18.4 Å². The Bertz CT molecular complexity index is 382. The second-order valence-corrected chi connectivity index (χ2v) is 4.60. The molecule has 0 radical (unpaired) electrons. The third kappa shape index (κ3) is 3.23.